The van der Waals surface area contributed by atoms with Crippen LogP contribution in [0.15, 0.2) is 12.1 Å². The minimum absolute atomic E-state index is 0.216. The SMILES string of the molecule is CCC(CC)(CNc1ccc(C(=O)NC)nn1)C(=O)O. The van der Waals surface area contributed by atoms with Gasteiger partial charge in [0.15, 0.2) is 5.69 Å². The number of anilines is 1. The third-order valence-corrected chi connectivity index (χ3v) is 3.54. The second-order valence-electron chi connectivity index (χ2n) is 4.53. The largest absolute Gasteiger partial charge is 0.481 e. The number of carbonyl (C=O) groups excluding carboxylic acids is 1. The Morgan fingerprint density at radius 2 is 1.90 bits per heavy atom. The van der Waals surface area contributed by atoms with Crippen LogP contribution in [-0.4, -0.2) is 40.8 Å². The van der Waals surface area contributed by atoms with E-state index >= 15 is 0 Å². The lowest BCUT2D eigenvalue weighted by atomic mass is 9.82. The molecular formula is C13H20N4O3. The molecule has 3 N–H and O–H groups in total. The Bertz CT molecular complexity index is 469. The van der Waals surface area contributed by atoms with Crippen LogP contribution in [0, 0.1) is 5.41 Å². The van der Waals surface area contributed by atoms with Crippen molar-refractivity contribution in [3.8, 4) is 0 Å². The van der Waals surface area contributed by atoms with Crippen LogP contribution in [0.4, 0.5) is 5.82 Å². The van der Waals surface area contributed by atoms with Crippen molar-refractivity contribution in [1.29, 1.82) is 0 Å². The van der Waals surface area contributed by atoms with E-state index in [0.29, 0.717) is 18.7 Å². The van der Waals surface area contributed by atoms with Crippen LogP contribution in [0.2, 0.25) is 0 Å². The molecule has 1 rings (SSSR count). The maximum absolute atomic E-state index is 11.4. The highest BCUT2D eigenvalue weighted by molar-refractivity contribution is 5.91. The standard InChI is InChI=1S/C13H20N4O3/c1-4-13(5-2,12(19)20)8-15-10-7-6-9(16-17-10)11(18)14-3/h6-7H,4-5,8H2,1-3H3,(H,14,18)(H,15,17)(H,19,20). The fourth-order valence-corrected chi connectivity index (χ4v) is 1.81. The predicted octanol–water partition coefficient (Wildman–Crippen LogP) is 1.14. The molecule has 7 heteroatoms. The molecule has 0 spiro atoms. The van der Waals surface area contributed by atoms with Crippen molar-refractivity contribution in [3.05, 3.63) is 17.8 Å². The molecule has 1 amide bonds. The number of nitrogens with one attached hydrogen (secondary N) is 2. The molecule has 0 saturated carbocycles. The molecular weight excluding hydrogens is 260 g/mol. The molecule has 110 valence electrons. The molecule has 0 aliphatic rings. The van der Waals surface area contributed by atoms with Gasteiger partial charge < -0.3 is 15.7 Å². The summed E-state index contributed by atoms with van der Waals surface area (Å²) in [7, 11) is 1.51. The summed E-state index contributed by atoms with van der Waals surface area (Å²) in [6, 6.07) is 3.14. The summed E-state index contributed by atoms with van der Waals surface area (Å²) in [6.45, 7) is 3.96. The number of carboxylic acid groups (broad SMARTS) is 1. The average Bonchev–Trinajstić information content (AvgIpc) is 2.48. The van der Waals surface area contributed by atoms with Gasteiger partial charge in [0.25, 0.3) is 5.91 Å². The normalized spacial score (nSPS) is 10.9. The molecule has 20 heavy (non-hydrogen) atoms. The Morgan fingerprint density at radius 1 is 1.25 bits per heavy atom. The van der Waals surface area contributed by atoms with E-state index in [2.05, 4.69) is 20.8 Å². The van der Waals surface area contributed by atoms with Crippen LogP contribution in [0.25, 0.3) is 0 Å². The molecule has 0 aliphatic carbocycles. The zero-order valence-corrected chi connectivity index (χ0v) is 11.9. The number of amides is 1. The summed E-state index contributed by atoms with van der Waals surface area (Å²) in [5.41, 5.74) is -0.602. The highest BCUT2D eigenvalue weighted by Gasteiger charge is 2.34. The summed E-state index contributed by atoms with van der Waals surface area (Å²) in [6.07, 6.45) is 1.05. The van der Waals surface area contributed by atoms with Crippen LogP contribution in [0.5, 0.6) is 0 Å². The van der Waals surface area contributed by atoms with Crippen molar-refractivity contribution in [2.45, 2.75) is 26.7 Å². The lowest BCUT2D eigenvalue weighted by Crippen LogP contribution is -2.37. The summed E-state index contributed by atoms with van der Waals surface area (Å²) in [5.74, 6) is -0.693. The summed E-state index contributed by atoms with van der Waals surface area (Å²) in [5, 5.41) is 22.4. The Labute approximate surface area is 117 Å². The Hall–Kier alpha value is -2.18. The molecule has 0 bridgehead atoms. The highest BCUT2D eigenvalue weighted by Crippen LogP contribution is 2.26. The fraction of sp³-hybridized carbons (Fsp3) is 0.538. The number of aliphatic carboxylic acids is 1. The molecule has 0 saturated heterocycles. The van der Waals surface area contributed by atoms with Gasteiger partial charge in [-0.2, -0.15) is 0 Å². The first-order valence-corrected chi connectivity index (χ1v) is 6.52. The molecule has 0 unspecified atom stereocenters. The maximum atomic E-state index is 11.4. The third-order valence-electron chi connectivity index (χ3n) is 3.54. The summed E-state index contributed by atoms with van der Waals surface area (Å²) < 4.78 is 0. The number of aromatic nitrogens is 2. The van der Waals surface area contributed by atoms with Gasteiger partial charge in [0, 0.05) is 13.6 Å². The molecule has 0 radical (unpaired) electrons. The first-order valence-electron chi connectivity index (χ1n) is 6.52. The third kappa shape index (κ3) is 3.43. The van der Waals surface area contributed by atoms with Gasteiger partial charge in [-0.05, 0) is 25.0 Å². The minimum Gasteiger partial charge on any atom is -0.481 e. The van der Waals surface area contributed by atoms with Gasteiger partial charge in [0.05, 0.1) is 5.41 Å². The Morgan fingerprint density at radius 3 is 2.30 bits per heavy atom. The summed E-state index contributed by atoms with van der Waals surface area (Å²) in [4.78, 5) is 22.7. The first kappa shape index (κ1) is 15.9. The van der Waals surface area contributed by atoms with Crippen LogP contribution >= 0.6 is 0 Å². The maximum Gasteiger partial charge on any atom is 0.311 e. The van der Waals surface area contributed by atoms with Crippen molar-refractivity contribution >= 4 is 17.7 Å². The van der Waals surface area contributed by atoms with Crippen LogP contribution in [0.1, 0.15) is 37.2 Å². The lowest BCUT2D eigenvalue weighted by Gasteiger charge is -2.26. The van der Waals surface area contributed by atoms with Crippen molar-refractivity contribution in [1.82, 2.24) is 15.5 Å². The van der Waals surface area contributed by atoms with E-state index in [1.165, 1.54) is 13.1 Å². The van der Waals surface area contributed by atoms with Crippen LogP contribution < -0.4 is 10.6 Å². The van der Waals surface area contributed by atoms with Crippen molar-refractivity contribution < 1.29 is 14.7 Å². The highest BCUT2D eigenvalue weighted by atomic mass is 16.4. The van der Waals surface area contributed by atoms with E-state index in [1.807, 2.05) is 13.8 Å². The Balaban J connectivity index is 2.74. The van der Waals surface area contributed by atoms with E-state index in [9.17, 15) is 14.7 Å². The van der Waals surface area contributed by atoms with Crippen molar-refractivity contribution in [2.75, 3.05) is 18.9 Å². The summed E-state index contributed by atoms with van der Waals surface area (Å²) >= 11 is 0. The van der Waals surface area contributed by atoms with E-state index in [1.54, 1.807) is 6.07 Å². The molecule has 0 aliphatic heterocycles. The first-order chi connectivity index (χ1) is 9.49. The van der Waals surface area contributed by atoms with Gasteiger partial charge in [0.1, 0.15) is 5.82 Å². The number of carboxylic acids is 1. The fourth-order valence-electron chi connectivity index (χ4n) is 1.81. The topological polar surface area (TPSA) is 104 Å². The van der Waals surface area contributed by atoms with Gasteiger partial charge in [-0.25, -0.2) is 0 Å². The molecule has 0 fully saturated rings. The number of nitrogens with zero attached hydrogens (tertiary/aromatic N) is 2. The van der Waals surface area contributed by atoms with Gasteiger partial charge in [0.2, 0.25) is 0 Å². The average molecular weight is 280 g/mol. The smallest absolute Gasteiger partial charge is 0.311 e. The van der Waals surface area contributed by atoms with E-state index in [0.717, 1.165) is 0 Å². The number of hydrogen-bond acceptors (Lipinski definition) is 5. The zero-order chi connectivity index (χ0) is 15.2. The van der Waals surface area contributed by atoms with E-state index < -0.39 is 11.4 Å². The van der Waals surface area contributed by atoms with Gasteiger partial charge in [-0.3, -0.25) is 9.59 Å². The molecule has 0 aromatic carbocycles. The second kappa shape index (κ2) is 6.83. The molecule has 1 aromatic rings. The molecule has 7 nitrogen and oxygen atoms in total. The van der Waals surface area contributed by atoms with Crippen LogP contribution in [-0.2, 0) is 4.79 Å². The van der Waals surface area contributed by atoms with Crippen molar-refractivity contribution in [2.24, 2.45) is 5.41 Å². The molecule has 0 atom stereocenters. The monoisotopic (exact) mass is 280 g/mol. The molecule has 1 heterocycles. The quantitative estimate of drug-likeness (QED) is 0.692. The van der Waals surface area contributed by atoms with Gasteiger partial charge >= 0.3 is 5.97 Å². The molecule has 1 aromatic heterocycles. The van der Waals surface area contributed by atoms with E-state index in [4.69, 9.17) is 0 Å². The zero-order valence-electron chi connectivity index (χ0n) is 11.9. The number of rotatable bonds is 7. The number of carbonyl (C=O) groups is 2. The predicted molar refractivity (Wildman–Crippen MR) is 74.6 cm³/mol. The minimum atomic E-state index is -0.829. The van der Waals surface area contributed by atoms with Crippen LogP contribution in [0.3, 0.4) is 0 Å². The van der Waals surface area contributed by atoms with Gasteiger partial charge in [-0.1, -0.05) is 13.8 Å². The number of hydrogen-bond donors (Lipinski definition) is 3. The van der Waals surface area contributed by atoms with E-state index in [-0.39, 0.29) is 18.1 Å². The Kier molecular flexibility index (Phi) is 5.42. The second-order valence-corrected chi connectivity index (χ2v) is 4.53. The lowest BCUT2D eigenvalue weighted by molar-refractivity contribution is -0.148. The van der Waals surface area contributed by atoms with Gasteiger partial charge in [-0.15, -0.1) is 10.2 Å². The van der Waals surface area contributed by atoms with Crippen molar-refractivity contribution in [3.63, 3.8) is 0 Å².